The van der Waals surface area contributed by atoms with Crippen molar-refractivity contribution >= 4 is 34.1 Å². The van der Waals surface area contributed by atoms with Crippen LogP contribution in [0.5, 0.6) is 5.75 Å². The van der Waals surface area contributed by atoms with Gasteiger partial charge in [-0.2, -0.15) is 0 Å². The first-order chi connectivity index (χ1) is 9.65. The molecule has 2 nitrogen and oxygen atoms in total. The molecule has 1 aliphatic carbocycles. The van der Waals surface area contributed by atoms with Gasteiger partial charge in [0.25, 0.3) is 0 Å². The van der Waals surface area contributed by atoms with Crippen molar-refractivity contribution in [2.75, 3.05) is 0 Å². The molecular weight excluding hydrogens is 372 g/mol. The Morgan fingerprint density at radius 3 is 2.85 bits per heavy atom. The Morgan fingerprint density at radius 2 is 2.10 bits per heavy atom. The van der Waals surface area contributed by atoms with E-state index in [1.165, 1.54) is 3.28 Å². The molecule has 1 aliphatic rings. The summed E-state index contributed by atoms with van der Waals surface area (Å²) in [7, 11) is 0. The summed E-state index contributed by atoms with van der Waals surface area (Å²) in [6, 6.07) is 5.64. The van der Waals surface area contributed by atoms with Crippen molar-refractivity contribution in [1.29, 1.82) is 0 Å². The molecule has 0 amide bonds. The fraction of sp³-hybridized carbons (Fsp3) is 0.133. The molecule has 0 atom stereocenters. The van der Waals surface area contributed by atoms with Gasteiger partial charge < -0.3 is 0 Å². The summed E-state index contributed by atoms with van der Waals surface area (Å²) in [6.45, 7) is 1.95. The average Bonchev–Trinajstić information content (AvgIpc) is 2.91. The van der Waals surface area contributed by atoms with Crippen LogP contribution < -0.4 is 2.81 Å². The van der Waals surface area contributed by atoms with Gasteiger partial charge in [0.05, 0.1) is 0 Å². The standard InChI is InChI=1S/C10H7Cl2NO.C5H5.Zr/c1-5-2-3-6-7(11)4-8(12)10(14)9(6)13-5;1-2-4-5-3-1;/h2-4,14H,1H3;1-3H,4H2;/q;;+1/p-1. The van der Waals surface area contributed by atoms with Gasteiger partial charge >= 0.3 is 140 Å². The first kappa shape index (κ1) is 14.3. The molecule has 100 valence electrons. The normalized spacial score (nSPS) is 13.7. The Kier molecular flexibility index (Phi) is 4.30. The minimum atomic E-state index is -1.11. The Bertz CT molecular complexity index is 740. The zero-order valence-corrected chi connectivity index (χ0v) is 14.8. The van der Waals surface area contributed by atoms with Crippen LogP contribution in [0.3, 0.4) is 0 Å². The van der Waals surface area contributed by atoms with Crippen molar-refractivity contribution < 1.29 is 26.5 Å². The number of pyridine rings is 1. The molecule has 0 unspecified atom stereocenters. The van der Waals surface area contributed by atoms with Gasteiger partial charge in [-0.1, -0.05) is 0 Å². The Morgan fingerprint density at radius 1 is 1.25 bits per heavy atom. The second-order valence-electron chi connectivity index (χ2n) is 4.55. The number of allylic oxidation sites excluding steroid dienone is 4. The maximum atomic E-state index is 6.29. The summed E-state index contributed by atoms with van der Waals surface area (Å²) in [5.41, 5.74) is 1.68. The molecule has 0 radical (unpaired) electrons. The molecule has 2 aromatic rings. The van der Waals surface area contributed by atoms with Crippen LogP contribution in [0.15, 0.2) is 39.7 Å². The van der Waals surface area contributed by atoms with Crippen molar-refractivity contribution in [1.82, 2.24) is 4.98 Å². The number of aryl methyl sites for hydroxylation is 1. The van der Waals surface area contributed by atoms with E-state index in [9.17, 15) is 0 Å². The predicted molar refractivity (Wildman–Crippen MR) is 79.0 cm³/mol. The van der Waals surface area contributed by atoms with Crippen LogP contribution in [0.1, 0.15) is 12.1 Å². The Hall–Kier alpha value is -0.627. The number of rotatable bonds is 3. The quantitative estimate of drug-likeness (QED) is 0.738. The third kappa shape index (κ3) is 2.86. The van der Waals surface area contributed by atoms with Crippen LogP contribution in [0.25, 0.3) is 10.9 Å². The van der Waals surface area contributed by atoms with E-state index in [-0.39, 0.29) is 0 Å². The van der Waals surface area contributed by atoms with E-state index in [4.69, 9.17) is 26.0 Å². The van der Waals surface area contributed by atoms with E-state index in [2.05, 4.69) is 23.2 Å². The second kappa shape index (κ2) is 6.01. The zero-order chi connectivity index (χ0) is 14.1. The van der Waals surface area contributed by atoms with E-state index < -0.39 is 23.7 Å². The molecule has 1 aromatic carbocycles. The zero-order valence-electron chi connectivity index (χ0n) is 10.8. The first-order valence-electron chi connectivity index (χ1n) is 6.19. The van der Waals surface area contributed by atoms with Gasteiger partial charge in [-0.25, -0.2) is 0 Å². The van der Waals surface area contributed by atoms with Crippen LogP contribution >= 0.6 is 23.2 Å². The molecule has 0 N–H and O–H groups in total. The molecule has 0 bridgehead atoms. The molecule has 1 aromatic heterocycles. The predicted octanol–water partition coefficient (Wildman–Crippen LogP) is 5.07. The van der Waals surface area contributed by atoms with E-state index in [1.807, 2.05) is 19.1 Å². The van der Waals surface area contributed by atoms with Crippen LogP contribution in [0.2, 0.25) is 10.0 Å². The second-order valence-corrected chi connectivity index (χ2v) is 7.94. The molecule has 0 spiro atoms. The van der Waals surface area contributed by atoms with Gasteiger partial charge in [-0.05, 0) is 0 Å². The van der Waals surface area contributed by atoms with Crippen LogP contribution in [0, 0.1) is 6.92 Å². The summed E-state index contributed by atoms with van der Waals surface area (Å²) >= 11 is 11.4. The van der Waals surface area contributed by atoms with Crippen LogP contribution in [-0.2, 0) is 23.7 Å². The van der Waals surface area contributed by atoms with Crippen LogP contribution in [0.4, 0.5) is 0 Å². The van der Waals surface area contributed by atoms with Crippen molar-refractivity contribution in [3.8, 4) is 5.75 Å². The molecule has 0 aliphatic heterocycles. The van der Waals surface area contributed by atoms with Crippen molar-refractivity contribution in [3.05, 3.63) is 55.4 Å². The summed E-state index contributed by atoms with van der Waals surface area (Å²) < 4.78 is 7.44. The number of nitrogens with zero attached hydrogens (tertiary/aromatic N) is 1. The van der Waals surface area contributed by atoms with Crippen LogP contribution in [-0.4, -0.2) is 4.98 Å². The number of hydrogen-bond donors (Lipinski definition) is 0. The fourth-order valence-electron chi connectivity index (χ4n) is 2.03. The number of aromatic nitrogens is 1. The third-order valence-corrected chi connectivity index (χ3v) is 5.93. The minimum absolute atomic E-state index is 0.535. The SMILES string of the molecule is Cc1ccc2c(Cl)cc(Cl)c([O][Zr][C]3=CC=CC3)c2n1. The molecular formula is C15H11Cl2NOZr. The summed E-state index contributed by atoms with van der Waals surface area (Å²) in [6.07, 6.45) is 7.35. The van der Waals surface area contributed by atoms with Crippen molar-refractivity contribution in [2.24, 2.45) is 0 Å². The number of hydrogen-bond acceptors (Lipinski definition) is 2. The van der Waals surface area contributed by atoms with E-state index >= 15 is 0 Å². The molecule has 0 fully saturated rings. The first-order valence-corrected chi connectivity index (χ1v) is 9.18. The molecule has 5 heteroatoms. The molecule has 3 rings (SSSR count). The van der Waals surface area contributed by atoms with Gasteiger partial charge in [0.2, 0.25) is 0 Å². The molecule has 20 heavy (non-hydrogen) atoms. The Balaban J connectivity index is 2.02. The van der Waals surface area contributed by atoms with E-state index in [1.54, 1.807) is 6.07 Å². The van der Waals surface area contributed by atoms with Gasteiger partial charge in [-0.15, -0.1) is 0 Å². The van der Waals surface area contributed by atoms with E-state index in [0.717, 1.165) is 23.0 Å². The topological polar surface area (TPSA) is 22.1 Å². The van der Waals surface area contributed by atoms with Gasteiger partial charge in [0.15, 0.2) is 0 Å². The number of fused-ring (bicyclic) bond motifs is 1. The van der Waals surface area contributed by atoms with E-state index in [0.29, 0.717) is 15.8 Å². The summed E-state index contributed by atoms with van der Waals surface area (Å²) in [4.78, 5) is 4.54. The summed E-state index contributed by atoms with van der Waals surface area (Å²) in [5.74, 6) is 0.675. The van der Waals surface area contributed by atoms with Gasteiger partial charge in [0.1, 0.15) is 0 Å². The Labute approximate surface area is 139 Å². The maximum absolute atomic E-state index is 6.29. The number of halogens is 2. The molecule has 0 saturated heterocycles. The third-order valence-electron chi connectivity index (χ3n) is 3.03. The average molecular weight is 383 g/mol. The molecule has 0 saturated carbocycles. The van der Waals surface area contributed by atoms with Gasteiger partial charge in [-0.3, -0.25) is 0 Å². The fourth-order valence-corrected chi connectivity index (χ4v) is 4.72. The van der Waals surface area contributed by atoms with Crippen molar-refractivity contribution in [2.45, 2.75) is 13.3 Å². The number of benzene rings is 1. The monoisotopic (exact) mass is 381 g/mol. The molecule has 1 heterocycles. The summed E-state index contributed by atoms with van der Waals surface area (Å²) in [5, 5.41) is 2.03. The van der Waals surface area contributed by atoms with Gasteiger partial charge in [0, 0.05) is 0 Å². The van der Waals surface area contributed by atoms with Crippen molar-refractivity contribution in [3.63, 3.8) is 0 Å².